The third-order valence-corrected chi connectivity index (χ3v) is 3.26. The highest BCUT2D eigenvalue weighted by Gasteiger charge is 2.15. The molecule has 0 amide bonds. The van der Waals surface area contributed by atoms with Crippen molar-refractivity contribution in [1.82, 2.24) is 0 Å². The lowest BCUT2D eigenvalue weighted by Gasteiger charge is -2.10. The largest absolute Gasteiger partial charge is 0.465 e. The molecule has 0 aliphatic carbocycles. The Morgan fingerprint density at radius 2 is 1.86 bits per heavy atom. The SMILES string of the molecule is COC(=O)c1cc(-c2cccc(C#N)c2)cc(C#N)c1C. The molecule has 0 saturated carbocycles. The van der Waals surface area contributed by atoms with E-state index < -0.39 is 5.97 Å². The van der Waals surface area contributed by atoms with Gasteiger partial charge in [-0.15, -0.1) is 0 Å². The van der Waals surface area contributed by atoms with Crippen molar-refractivity contribution in [3.63, 3.8) is 0 Å². The first kappa shape index (κ1) is 14.3. The molecule has 0 aliphatic heterocycles. The maximum atomic E-state index is 11.8. The van der Waals surface area contributed by atoms with E-state index in [0.29, 0.717) is 27.8 Å². The van der Waals surface area contributed by atoms with Gasteiger partial charge in [-0.25, -0.2) is 4.79 Å². The van der Waals surface area contributed by atoms with Crippen LogP contribution >= 0.6 is 0 Å². The molecule has 4 nitrogen and oxygen atoms in total. The number of hydrogen-bond acceptors (Lipinski definition) is 4. The molecular weight excluding hydrogens is 264 g/mol. The van der Waals surface area contributed by atoms with E-state index in [9.17, 15) is 10.1 Å². The van der Waals surface area contributed by atoms with Crippen LogP contribution in [0.3, 0.4) is 0 Å². The molecule has 4 heteroatoms. The lowest BCUT2D eigenvalue weighted by molar-refractivity contribution is 0.0600. The van der Waals surface area contributed by atoms with Gasteiger partial charge in [0.2, 0.25) is 0 Å². The third-order valence-electron chi connectivity index (χ3n) is 3.26. The summed E-state index contributed by atoms with van der Waals surface area (Å²) in [5.41, 5.74) is 3.35. The van der Waals surface area contributed by atoms with Gasteiger partial charge in [0.15, 0.2) is 0 Å². The van der Waals surface area contributed by atoms with Gasteiger partial charge in [0, 0.05) is 0 Å². The summed E-state index contributed by atoms with van der Waals surface area (Å²) in [7, 11) is 1.30. The van der Waals surface area contributed by atoms with Crippen molar-refractivity contribution in [2.24, 2.45) is 0 Å². The number of carbonyl (C=O) groups is 1. The number of ether oxygens (including phenoxy) is 1. The zero-order valence-electron chi connectivity index (χ0n) is 11.7. The molecule has 0 aromatic heterocycles. The van der Waals surface area contributed by atoms with Gasteiger partial charge in [-0.1, -0.05) is 12.1 Å². The quantitative estimate of drug-likeness (QED) is 0.789. The summed E-state index contributed by atoms with van der Waals surface area (Å²) < 4.78 is 4.75. The zero-order chi connectivity index (χ0) is 15.4. The van der Waals surface area contributed by atoms with E-state index in [4.69, 9.17) is 10.00 Å². The minimum absolute atomic E-state index is 0.355. The van der Waals surface area contributed by atoms with Crippen LogP contribution in [0.1, 0.15) is 27.0 Å². The minimum Gasteiger partial charge on any atom is -0.465 e. The highest BCUT2D eigenvalue weighted by atomic mass is 16.5. The van der Waals surface area contributed by atoms with Crippen LogP contribution in [0.25, 0.3) is 11.1 Å². The van der Waals surface area contributed by atoms with Crippen LogP contribution in [0.5, 0.6) is 0 Å². The summed E-state index contributed by atoms with van der Waals surface area (Å²) >= 11 is 0. The fourth-order valence-corrected chi connectivity index (χ4v) is 2.09. The van der Waals surface area contributed by atoms with Gasteiger partial charge in [0.05, 0.1) is 35.9 Å². The van der Waals surface area contributed by atoms with Crippen LogP contribution in [-0.4, -0.2) is 13.1 Å². The number of nitriles is 2. The van der Waals surface area contributed by atoms with Crippen LogP contribution in [-0.2, 0) is 4.74 Å². The van der Waals surface area contributed by atoms with Gasteiger partial charge in [0.1, 0.15) is 0 Å². The molecule has 2 aromatic carbocycles. The van der Waals surface area contributed by atoms with E-state index in [1.165, 1.54) is 7.11 Å². The lowest BCUT2D eigenvalue weighted by atomic mass is 9.95. The molecule has 0 atom stereocenters. The molecule has 0 N–H and O–H groups in total. The van der Waals surface area contributed by atoms with E-state index in [-0.39, 0.29) is 0 Å². The average molecular weight is 276 g/mol. The Bertz CT molecular complexity index is 795. The first-order valence-corrected chi connectivity index (χ1v) is 6.24. The van der Waals surface area contributed by atoms with Crippen LogP contribution in [0.2, 0.25) is 0 Å². The van der Waals surface area contributed by atoms with Gasteiger partial charge >= 0.3 is 5.97 Å². The molecule has 21 heavy (non-hydrogen) atoms. The lowest BCUT2D eigenvalue weighted by Crippen LogP contribution is -2.05. The van der Waals surface area contributed by atoms with Crippen molar-refractivity contribution < 1.29 is 9.53 Å². The number of hydrogen-bond donors (Lipinski definition) is 0. The molecule has 0 bridgehead atoms. The first-order chi connectivity index (χ1) is 10.1. The van der Waals surface area contributed by atoms with Crippen molar-refractivity contribution in [2.45, 2.75) is 6.92 Å². The Morgan fingerprint density at radius 1 is 1.10 bits per heavy atom. The van der Waals surface area contributed by atoms with Crippen LogP contribution in [0.15, 0.2) is 36.4 Å². The fourth-order valence-electron chi connectivity index (χ4n) is 2.09. The summed E-state index contributed by atoms with van der Waals surface area (Å²) in [6, 6.07) is 14.5. The summed E-state index contributed by atoms with van der Waals surface area (Å²) in [5, 5.41) is 18.2. The van der Waals surface area contributed by atoms with Gasteiger partial charge < -0.3 is 4.74 Å². The highest BCUT2D eigenvalue weighted by Crippen LogP contribution is 2.26. The summed E-state index contributed by atoms with van der Waals surface area (Å²) in [6.45, 7) is 1.71. The van der Waals surface area contributed by atoms with Crippen molar-refractivity contribution in [3.8, 4) is 23.3 Å². The van der Waals surface area contributed by atoms with E-state index in [1.54, 1.807) is 37.3 Å². The Labute approximate surface area is 122 Å². The second-order valence-corrected chi connectivity index (χ2v) is 4.49. The molecule has 0 unspecified atom stereocenters. The molecule has 0 saturated heterocycles. The maximum absolute atomic E-state index is 11.8. The fraction of sp³-hybridized carbons (Fsp3) is 0.118. The molecule has 2 rings (SSSR count). The maximum Gasteiger partial charge on any atom is 0.338 e. The molecule has 2 aromatic rings. The normalized spacial score (nSPS) is 9.52. The summed E-state index contributed by atoms with van der Waals surface area (Å²) in [4.78, 5) is 11.8. The van der Waals surface area contributed by atoms with Crippen molar-refractivity contribution >= 4 is 5.97 Å². The zero-order valence-corrected chi connectivity index (χ0v) is 11.7. The molecule has 0 heterocycles. The van der Waals surface area contributed by atoms with Crippen LogP contribution in [0.4, 0.5) is 0 Å². The predicted molar refractivity (Wildman–Crippen MR) is 77.4 cm³/mol. The molecule has 102 valence electrons. The highest BCUT2D eigenvalue weighted by molar-refractivity contribution is 5.93. The number of carbonyl (C=O) groups excluding carboxylic acids is 1. The standard InChI is InChI=1S/C17H12N2O2/c1-11-15(10-19)7-14(8-16(11)17(20)21-2)13-5-3-4-12(6-13)9-18/h3-8H,1-2H3. The van der Waals surface area contributed by atoms with Crippen LogP contribution in [0, 0.1) is 29.6 Å². The van der Waals surface area contributed by atoms with Gasteiger partial charge in [-0.2, -0.15) is 10.5 Å². The number of benzene rings is 2. The molecule has 0 radical (unpaired) electrons. The Hall–Kier alpha value is -3.11. The minimum atomic E-state index is -0.484. The van der Waals surface area contributed by atoms with E-state index in [2.05, 4.69) is 12.1 Å². The number of methoxy groups -OCH3 is 1. The van der Waals surface area contributed by atoms with E-state index >= 15 is 0 Å². The van der Waals surface area contributed by atoms with E-state index in [1.807, 2.05) is 6.07 Å². The summed E-state index contributed by atoms with van der Waals surface area (Å²) in [5.74, 6) is -0.484. The van der Waals surface area contributed by atoms with Gasteiger partial charge in [-0.3, -0.25) is 0 Å². The smallest absolute Gasteiger partial charge is 0.338 e. The second-order valence-electron chi connectivity index (χ2n) is 4.49. The topological polar surface area (TPSA) is 73.9 Å². The second kappa shape index (κ2) is 5.90. The predicted octanol–water partition coefficient (Wildman–Crippen LogP) is 3.19. The monoisotopic (exact) mass is 276 g/mol. The number of esters is 1. The van der Waals surface area contributed by atoms with E-state index in [0.717, 1.165) is 5.56 Å². The van der Waals surface area contributed by atoms with Crippen LogP contribution < -0.4 is 0 Å². The number of rotatable bonds is 2. The first-order valence-electron chi connectivity index (χ1n) is 6.24. The molecule has 0 aliphatic rings. The van der Waals surface area contributed by atoms with Gasteiger partial charge in [-0.05, 0) is 47.9 Å². The molecular formula is C17H12N2O2. The van der Waals surface area contributed by atoms with Crippen molar-refractivity contribution in [3.05, 3.63) is 58.7 Å². The third kappa shape index (κ3) is 2.75. The molecule has 0 fully saturated rings. The Balaban J connectivity index is 2.67. The summed E-state index contributed by atoms with van der Waals surface area (Å²) in [6.07, 6.45) is 0. The van der Waals surface area contributed by atoms with Gasteiger partial charge in [0.25, 0.3) is 0 Å². The average Bonchev–Trinajstić information content (AvgIpc) is 2.54. The Morgan fingerprint density at radius 3 is 2.48 bits per heavy atom. The number of nitrogens with zero attached hydrogens (tertiary/aromatic N) is 2. The van der Waals surface area contributed by atoms with Crippen molar-refractivity contribution in [1.29, 1.82) is 10.5 Å². The molecule has 0 spiro atoms. The van der Waals surface area contributed by atoms with Crippen molar-refractivity contribution in [2.75, 3.05) is 7.11 Å². The Kier molecular flexibility index (Phi) is 4.02.